The maximum atomic E-state index is 6.11. The van der Waals surface area contributed by atoms with Crippen molar-refractivity contribution in [3.05, 3.63) is 12.2 Å². The monoisotopic (exact) mass is 238 g/mol. The maximum absolute atomic E-state index is 6.11. The quantitative estimate of drug-likeness (QED) is 0.543. The van der Waals surface area contributed by atoms with Gasteiger partial charge in [0.15, 0.2) is 0 Å². The molecule has 1 saturated heterocycles. The lowest BCUT2D eigenvalue weighted by Crippen LogP contribution is -2.41. The minimum atomic E-state index is -0.231. The van der Waals surface area contributed by atoms with E-state index < -0.39 is 0 Å². The van der Waals surface area contributed by atoms with E-state index in [0.29, 0.717) is 11.7 Å². The molecule has 2 nitrogen and oxygen atoms in total. The number of hydrogen-bond acceptors (Lipinski definition) is 2. The van der Waals surface area contributed by atoms with Gasteiger partial charge in [0.25, 0.3) is 0 Å². The zero-order valence-electron chi connectivity index (χ0n) is 12.4. The average molecular weight is 238 g/mol. The van der Waals surface area contributed by atoms with Gasteiger partial charge in [0.1, 0.15) is 0 Å². The Morgan fingerprint density at radius 2 is 1.53 bits per heavy atom. The first-order valence-corrected chi connectivity index (χ1v) is 6.73. The molecule has 0 aromatic heterocycles. The third-order valence-electron chi connectivity index (χ3n) is 3.95. The molecule has 0 N–H and O–H groups in total. The van der Waals surface area contributed by atoms with Gasteiger partial charge >= 0.3 is 7.12 Å². The SMILES string of the molecule is CC/C=C/[C@H](B1OC(C)(C)C(C)(C)O1)C(C)C. The second-order valence-corrected chi connectivity index (χ2v) is 6.28. The van der Waals surface area contributed by atoms with Crippen molar-refractivity contribution >= 4 is 7.12 Å². The normalized spacial score (nSPS) is 24.8. The minimum absolute atomic E-state index is 0.122. The summed E-state index contributed by atoms with van der Waals surface area (Å²) < 4.78 is 12.2. The fraction of sp³-hybridized carbons (Fsp3) is 0.857. The molecule has 0 amide bonds. The molecular weight excluding hydrogens is 211 g/mol. The fourth-order valence-corrected chi connectivity index (χ4v) is 1.97. The highest BCUT2D eigenvalue weighted by atomic mass is 16.7. The Balaban J connectivity index is 2.83. The highest BCUT2D eigenvalue weighted by molar-refractivity contribution is 6.48. The molecule has 1 fully saturated rings. The third-order valence-corrected chi connectivity index (χ3v) is 3.95. The second kappa shape index (κ2) is 5.15. The van der Waals surface area contributed by atoms with Crippen molar-refractivity contribution in [1.29, 1.82) is 0 Å². The van der Waals surface area contributed by atoms with Gasteiger partial charge in [-0.05, 0) is 40.0 Å². The lowest BCUT2D eigenvalue weighted by atomic mass is 9.65. The van der Waals surface area contributed by atoms with Gasteiger partial charge in [0.05, 0.1) is 11.2 Å². The zero-order chi connectivity index (χ0) is 13.3. The van der Waals surface area contributed by atoms with Crippen LogP contribution in [0.2, 0.25) is 5.82 Å². The van der Waals surface area contributed by atoms with Crippen LogP contribution in [-0.2, 0) is 9.31 Å². The molecule has 3 heteroatoms. The van der Waals surface area contributed by atoms with Gasteiger partial charge < -0.3 is 9.31 Å². The Morgan fingerprint density at radius 1 is 1.06 bits per heavy atom. The molecule has 0 aromatic carbocycles. The maximum Gasteiger partial charge on any atom is 0.465 e. The van der Waals surface area contributed by atoms with Crippen molar-refractivity contribution in [1.82, 2.24) is 0 Å². The molecule has 0 aliphatic carbocycles. The van der Waals surface area contributed by atoms with Crippen LogP contribution in [-0.4, -0.2) is 18.3 Å². The standard InChI is InChI=1S/C14H27BO2/c1-8-9-10-12(11(2)3)15-16-13(4,5)14(6,7)17-15/h9-12H,8H2,1-7H3/b10-9+/t12-/m0/s1. The van der Waals surface area contributed by atoms with Crippen molar-refractivity contribution in [2.75, 3.05) is 0 Å². The first-order chi connectivity index (χ1) is 7.71. The molecule has 0 aromatic rings. The molecule has 17 heavy (non-hydrogen) atoms. The minimum Gasteiger partial charge on any atom is -0.403 e. The topological polar surface area (TPSA) is 18.5 Å². The van der Waals surface area contributed by atoms with Crippen molar-refractivity contribution in [2.45, 2.75) is 71.9 Å². The summed E-state index contributed by atoms with van der Waals surface area (Å²) in [6, 6.07) is 0. The van der Waals surface area contributed by atoms with Crippen molar-refractivity contribution < 1.29 is 9.31 Å². The first kappa shape index (κ1) is 14.8. The van der Waals surface area contributed by atoms with Gasteiger partial charge in [-0.3, -0.25) is 0 Å². The molecule has 0 saturated carbocycles. The number of hydrogen-bond donors (Lipinski definition) is 0. The van der Waals surface area contributed by atoms with Crippen molar-refractivity contribution in [2.24, 2.45) is 5.92 Å². The second-order valence-electron chi connectivity index (χ2n) is 6.28. The van der Waals surface area contributed by atoms with E-state index in [0.717, 1.165) is 6.42 Å². The molecule has 1 heterocycles. The number of allylic oxidation sites excluding steroid dienone is 2. The van der Waals surface area contributed by atoms with E-state index >= 15 is 0 Å². The van der Waals surface area contributed by atoms with Gasteiger partial charge in [-0.2, -0.15) is 0 Å². The summed E-state index contributed by atoms with van der Waals surface area (Å²) in [5.74, 6) is 0.850. The third kappa shape index (κ3) is 3.14. The Labute approximate surface area is 107 Å². The highest BCUT2D eigenvalue weighted by Crippen LogP contribution is 2.42. The van der Waals surface area contributed by atoms with Crippen LogP contribution in [0.5, 0.6) is 0 Å². The number of rotatable bonds is 4. The average Bonchev–Trinajstić information content (AvgIpc) is 2.35. The smallest absolute Gasteiger partial charge is 0.403 e. The van der Waals surface area contributed by atoms with Crippen LogP contribution in [0.15, 0.2) is 12.2 Å². The van der Waals surface area contributed by atoms with E-state index in [4.69, 9.17) is 9.31 Å². The molecule has 1 aliphatic rings. The van der Waals surface area contributed by atoms with E-state index in [1.165, 1.54) is 0 Å². The largest absolute Gasteiger partial charge is 0.465 e. The Bertz CT molecular complexity index is 266. The van der Waals surface area contributed by atoms with Crippen LogP contribution in [0.1, 0.15) is 54.9 Å². The summed E-state index contributed by atoms with van der Waals surface area (Å²) in [6.07, 6.45) is 5.51. The van der Waals surface area contributed by atoms with E-state index in [9.17, 15) is 0 Å². The summed E-state index contributed by atoms with van der Waals surface area (Å²) in [5.41, 5.74) is -0.463. The van der Waals surface area contributed by atoms with Gasteiger partial charge in [0, 0.05) is 5.82 Å². The molecule has 0 unspecified atom stereocenters. The lowest BCUT2D eigenvalue weighted by Gasteiger charge is -2.32. The Morgan fingerprint density at radius 3 is 1.88 bits per heavy atom. The molecule has 0 bridgehead atoms. The van der Waals surface area contributed by atoms with Crippen molar-refractivity contribution in [3.63, 3.8) is 0 Å². The molecular formula is C14H27BO2. The van der Waals surface area contributed by atoms with Crippen LogP contribution in [0.3, 0.4) is 0 Å². The van der Waals surface area contributed by atoms with Crippen LogP contribution in [0.4, 0.5) is 0 Å². The molecule has 0 radical (unpaired) electrons. The summed E-state index contributed by atoms with van der Waals surface area (Å²) in [5, 5.41) is 0. The van der Waals surface area contributed by atoms with Crippen LogP contribution < -0.4 is 0 Å². The summed E-state index contributed by atoms with van der Waals surface area (Å²) in [4.78, 5) is 0. The fourth-order valence-electron chi connectivity index (χ4n) is 1.97. The highest BCUT2D eigenvalue weighted by Gasteiger charge is 2.53. The molecule has 1 aliphatic heterocycles. The van der Waals surface area contributed by atoms with E-state index in [2.05, 4.69) is 60.6 Å². The van der Waals surface area contributed by atoms with E-state index in [1.807, 2.05) is 0 Å². The molecule has 98 valence electrons. The Kier molecular flexibility index (Phi) is 4.48. The predicted molar refractivity (Wildman–Crippen MR) is 74.1 cm³/mol. The van der Waals surface area contributed by atoms with Gasteiger partial charge in [-0.15, -0.1) is 0 Å². The zero-order valence-corrected chi connectivity index (χ0v) is 12.4. The van der Waals surface area contributed by atoms with Crippen molar-refractivity contribution in [3.8, 4) is 0 Å². The molecule has 1 rings (SSSR count). The van der Waals surface area contributed by atoms with Gasteiger partial charge in [0.2, 0.25) is 0 Å². The van der Waals surface area contributed by atoms with E-state index in [-0.39, 0.29) is 18.3 Å². The lowest BCUT2D eigenvalue weighted by molar-refractivity contribution is 0.00578. The molecule has 1 atom stereocenters. The van der Waals surface area contributed by atoms with Crippen LogP contribution in [0.25, 0.3) is 0 Å². The summed E-state index contributed by atoms with van der Waals surface area (Å²) >= 11 is 0. The Hall–Kier alpha value is -0.275. The first-order valence-electron chi connectivity index (χ1n) is 6.73. The van der Waals surface area contributed by atoms with E-state index in [1.54, 1.807) is 0 Å². The summed E-state index contributed by atoms with van der Waals surface area (Å²) in [6.45, 7) is 15.0. The van der Waals surface area contributed by atoms with Gasteiger partial charge in [-0.1, -0.05) is 32.9 Å². The van der Waals surface area contributed by atoms with Gasteiger partial charge in [-0.25, -0.2) is 0 Å². The summed E-state index contributed by atoms with van der Waals surface area (Å²) in [7, 11) is -0.122. The predicted octanol–water partition coefficient (Wildman–Crippen LogP) is 4.07. The van der Waals surface area contributed by atoms with Crippen LogP contribution in [0, 0.1) is 5.92 Å². The van der Waals surface area contributed by atoms with Crippen LogP contribution >= 0.6 is 0 Å². The molecule has 0 spiro atoms.